The van der Waals surface area contributed by atoms with Gasteiger partial charge in [-0.1, -0.05) is 96.9 Å². The monoisotopic (exact) mass is 470 g/mol. The van der Waals surface area contributed by atoms with Crippen LogP contribution in [-0.2, 0) is 29.0 Å². The number of aryl methyl sites for hydroxylation is 3. The first kappa shape index (κ1) is 26.2. The number of hydrogen-bond donors (Lipinski definition) is 1. The van der Waals surface area contributed by atoms with E-state index in [2.05, 4.69) is 48.6 Å². The average Bonchev–Trinajstić information content (AvgIpc) is 2.87. The molecular weight excluding hydrogens is 432 g/mol. The molecule has 0 aliphatic rings. The quantitative estimate of drug-likeness (QED) is 0.386. The molecule has 0 bridgehead atoms. The summed E-state index contributed by atoms with van der Waals surface area (Å²) in [5, 5.41) is 3.13. The van der Waals surface area contributed by atoms with Gasteiger partial charge in [0.15, 0.2) is 0 Å². The van der Waals surface area contributed by atoms with Crippen molar-refractivity contribution in [1.82, 2.24) is 10.2 Å². The van der Waals surface area contributed by atoms with Gasteiger partial charge in [-0.25, -0.2) is 0 Å². The Labute approximate surface area is 210 Å². The van der Waals surface area contributed by atoms with Crippen LogP contribution in [0.2, 0.25) is 0 Å². The summed E-state index contributed by atoms with van der Waals surface area (Å²) in [6.07, 6.45) is 2.32. The first-order valence-electron chi connectivity index (χ1n) is 12.6. The van der Waals surface area contributed by atoms with Crippen LogP contribution in [0.4, 0.5) is 0 Å². The third kappa shape index (κ3) is 8.10. The Morgan fingerprint density at radius 1 is 0.800 bits per heavy atom. The van der Waals surface area contributed by atoms with Crippen LogP contribution in [0.15, 0.2) is 78.9 Å². The smallest absolute Gasteiger partial charge is 0.243 e. The molecule has 1 N–H and O–H groups in total. The number of carbonyl (C=O) groups is 2. The molecule has 4 heteroatoms. The number of nitrogens with zero attached hydrogens (tertiary/aromatic N) is 1. The van der Waals surface area contributed by atoms with Crippen LogP contribution < -0.4 is 5.32 Å². The maximum absolute atomic E-state index is 13.7. The first-order valence-corrected chi connectivity index (χ1v) is 12.6. The van der Waals surface area contributed by atoms with E-state index in [1.807, 2.05) is 63.2 Å². The molecule has 2 amide bonds. The van der Waals surface area contributed by atoms with Gasteiger partial charge in [-0.15, -0.1) is 0 Å². The second kappa shape index (κ2) is 12.9. The van der Waals surface area contributed by atoms with E-state index in [0.717, 1.165) is 23.1 Å². The third-order valence-electron chi connectivity index (χ3n) is 6.49. The lowest BCUT2D eigenvalue weighted by Gasteiger charge is -2.32. The van der Waals surface area contributed by atoms with E-state index in [4.69, 9.17) is 0 Å². The van der Waals surface area contributed by atoms with Crippen LogP contribution >= 0.6 is 0 Å². The van der Waals surface area contributed by atoms with Crippen molar-refractivity contribution in [2.45, 2.75) is 72.0 Å². The molecule has 3 rings (SSSR count). The minimum absolute atomic E-state index is 0.00798. The van der Waals surface area contributed by atoms with E-state index in [0.29, 0.717) is 25.8 Å². The van der Waals surface area contributed by atoms with Gasteiger partial charge in [0.1, 0.15) is 6.04 Å². The SMILES string of the molecule is CC[C@@H](C)NC(=O)[C@@H](Cc1ccccc1)N(Cc1ccc(C)cc1)C(=O)CCc1ccc(C)cc1. The van der Waals surface area contributed by atoms with Gasteiger partial charge in [0.25, 0.3) is 0 Å². The molecule has 184 valence electrons. The van der Waals surface area contributed by atoms with Crippen LogP contribution in [0.25, 0.3) is 0 Å². The molecule has 35 heavy (non-hydrogen) atoms. The zero-order valence-corrected chi connectivity index (χ0v) is 21.5. The van der Waals surface area contributed by atoms with Crippen molar-refractivity contribution in [2.24, 2.45) is 0 Å². The van der Waals surface area contributed by atoms with E-state index < -0.39 is 6.04 Å². The van der Waals surface area contributed by atoms with Crippen molar-refractivity contribution in [2.75, 3.05) is 0 Å². The molecule has 0 aromatic heterocycles. The number of rotatable bonds is 11. The van der Waals surface area contributed by atoms with Gasteiger partial charge >= 0.3 is 0 Å². The summed E-state index contributed by atoms with van der Waals surface area (Å²) >= 11 is 0. The topological polar surface area (TPSA) is 49.4 Å². The van der Waals surface area contributed by atoms with Gasteiger partial charge in [-0.3, -0.25) is 9.59 Å². The van der Waals surface area contributed by atoms with E-state index in [1.165, 1.54) is 11.1 Å². The van der Waals surface area contributed by atoms with Gasteiger partial charge in [-0.05, 0) is 50.3 Å². The summed E-state index contributed by atoms with van der Waals surface area (Å²) in [5.74, 6) is -0.106. The lowest BCUT2D eigenvalue weighted by atomic mass is 10.0. The fourth-order valence-corrected chi connectivity index (χ4v) is 4.03. The van der Waals surface area contributed by atoms with E-state index in [1.54, 1.807) is 4.90 Å². The third-order valence-corrected chi connectivity index (χ3v) is 6.49. The van der Waals surface area contributed by atoms with Crippen molar-refractivity contribution in [3.63, 3.8) is 0 Å². The Kier molecular flexibility index (Phi) is 9.66. The second-order valence-electron chi connectivity index (χ2n) is 9.52. The maximum Gasteiger partial charge on any atom is 0.243 e. The Morgan fingerprint density at radius 2 is 1.37 bits per heavy atom. The summed E-state index contributed by atoms with van der Waals surface area (Å²) in [6.45, 7) is 8.56. The van der Waals surface area contributed by atoms with Crippen LogP contribution in [0, 0.1) is 13.8 Å². The predicted molar refractivity (Wildman–Crippen MR) is 143 cm³/mol. The van der Waals surface area contributed by atoms with Crippen LogP contribution in [-0.4, -0.2) is 28.8 Å². The van der Waals surface area contributed by atoms with Crippen molar-refractivity contribution < 1.29 is 9.59 Å². The minimum atomic E-state index is -0.585. The zero-order chi connectivity index (χ0) is 25.2. The van der Waals surface area contributed by atoms with Crippen molar-refractivity contribution in [1.29, 1.82) is 0 Å². The van der Waals surface area contributed by atoms with E-state index in [9.17, 15) is 9.59 Å². The number of amides is 2. The lowest BCUT2D eigenvalue weighted by Crippen LogP contribution is -2.52. The highest BCUT2D eigenvalue weighted by Gasteiger charge is 2.30. The number of benzene rings is 3. The summed E-state index contributed by atoms with van der Waals surface area (Å²) in [7, 11) is 0. The molecule has 0 aliphatic heterocycles. The maximum atomic E-state index is 13.7. The number of hydrogen-bond acceptors (Lipinski definition) is 2. The largest absolute Gasteiger partial charge is 0.352 e. The lowest BCUT2D eigenvalue weighted by molar-refractivity contribution is -0.141. The van der Waals surface area contributed by atoms with Gasteiger partial charge in [-0.2, -0.15) is 0 Å². The number of carbonyl (C=O) groups excluding carboxylic acids is 2. The Hall–Kier alpha value is -3.40. The van der Waals surface area contributed by atoms with Gasteiger partial charge < -0.3 is 10.2 Å². The molecule has 3 aromatic carbocycles. The Bertz CT molecular complexity index is 1080. The average molecular weight is 471 g/mol. The molecular formula is C31H38N2O2. The van der Waals surface area contributed by atoms with Gasteiger partial charge in [0.2, 0.25) is 11.8 Å². The minimum Gasteiger partial charge on any atom is -0.352 e. The highest BCUT2D eigenvalue weighted by atomic mass is 16.2. The zero-order valence-electron chi connectivity index (χ0n) is 21.5. The van der Waals surface area contributed by atoms with Crippen LogP contribution in [0.3, 0.4) is 0 Å². The Morgan fingerprint density at radius 3 is 1.94 bits per heavy atom. The molecule has 0 radical (unpaired) electrons. The molecule has 0 unspecified atom stereocenters. The fourth-order valence-electron chi connectivity index (χ4n) is 4.03. The summed E-state index contributed by atoms with van der Waals surface area (Å²) in [4.78, 5) is 29.0. The standard InChI is InChI=1S/C31H38N2O2/c1-5-25(4)32-31(35)29(21-27-9-7-6-8-10-27)33(22-28-17-13-24(3)14-18-28)30(34)20-19-26-15-11-23(2)12-16-26/h6-18,25,29H,5,19-22H2,1-4H3,(H,32,35)/t25-,29-/m1/s1. The van der Waals surface area contributed by atoms with Crippen LogP contribution in [0.5, 0.6) is 0 Å². The van der Waals surface area contributed by atoms with Crippen molar-refractivity contribution >= 4 is 11.8 Å². The van der Waals surface area contributed by atoms with Crippen molar-refractivity contribution in [3.8, 4) is 0 Å². The molecule has 3 aromatic rings. The summed E-state index contributed by atoms with van der Waals surface area (Å²) < 4.78 is 0. The molecule has 0 fully saturated rings. The van der Waals surface area contributed by atoms with E-state index in [-0.39, 0.29) is 17.9 Å². The molecule has 0 saturated heterocycles. The van der Waals surface area contributed by atoms with E-state index >= 15 is 0 Å². The normalized spacial score (nSPS) is 12.6. The van der Waals surface area contributed by atoms with Gasteiger partial charge in [0.05, 0.1) is 0 Å². The second-order valence-corrected chi connectivity index (χ2v) is 9.52. The number of nitrogens with one attached hydrogen (secondary N) is 1. The molecule has 0 spiro atoms. The highest BCUT2D eigenvalue weighted by molar-refractivity contribution is 5.88. The van der Waals surface area contributed by atoms with Crippen LogP contribution in [0.1, 0.15) is 54.5 Å². The van der Waals surface area contributed by atoms with Gasteiger partial charge in [0, 0.05) is 25.4 Å². The molecule has 4 nitrogen and oxygen atoms in total. The predicted octanol–water partition coefficient (Wildman–Crippen LogP) is 5.79. The fraction of sp³-hybridized carbons (Fsp3) is 0.355. The molecule has 0 heterocycles. The first-order chi connectivity index (χ1) is 16.9. The highest BCUT2D eigenvalue weighted by Crippen LogP contribution is 2.18. The Balaban J connectivity index is 1.89. The molecule has 0 saturated carbocycles. The van der Waals surface area contributed by atoms with Crippen molar-refractivity contribution in [3.05, 3.63) is 107 Å². The summed E-state index contributed by atoms with van der Waals surface area (Å²) in [5.41, 5.74) is 5.56. The summed E-state index contributed by atoms with van der Waals surface area (Å²) in [6, 6.07) is 25.9. The molecule has 2 atom stereocenters. The molecule has 0 aliphatic carbocycles.